The standard InChI is InChI=1S/C44H27NS/c1-3-13-28(14-4-1)31-24-25-37(36(27-31)29-15-5-2-6-16-29)45-38-26-23-30-17-7-8-18-32(30)41(38)42-43(45)34-20-10-9-19-33(34)40-35-21-11-12-22-39(35)46-44(40)42/h1-27H. The molecule has 0 saturated carbocycles. The maximum atomic E-state index is 2.56. The van der Waals surface area contributed by atoms with Gasteiger partial charge in [-0.2, -0.15) is 0 Å². The molecule has 0 saturated heterocycles. The number of nitrogens with zero attached hydrogens (tertiary/aromatic N) is 1. The van der Waals surface area contributed by atoms with Crippen LogP contribution in [0.4, 0.5) is 0 Å². The van der Waals surface area contributed by atoms with Crippen LogP contribution in [0.5, 0.6) is 0 Å². The lowest BCUT2D eigenvalue weighted by Gasteiger charge is -2.17. The lowest BCUT2D eigenvalue weighted by atomic mass is 9.96. The molecule has 1 nitrogen and oxygen atoms in total. The molecule has 0 amide bonds. The summed E-state index contributed by atoms with van der Waals surface area (Å²) in [5.41, 5.74) is 8.54. The monoisotopic (exact) mass is 601 g/mol. The van der Waals surface area contributed by atoms with Gasteiger partial charge in [-0.15, -0.1) is 11.3 Å². The second-order valence-corrected chi connectivity index (χ2v) is 13.1. The third kappa shape index (κ3) is 3.62. The Morgan fingerprint density at radius 3 is 1.87 bits per heavy atom. The van der Waals surface area contributed by atoms with Gasteiger partial charge in [-0.1, -0.05) is 140 Å². The summed E-state index contributed by atoms with van der Waals surface area (Å²) >= 11 is 1.92. The van der Waals surface area contributed by atoms with Gasteiger partial charge in [0.1, 0.15) is 0 Å². The Bertz CT molecular complexity index is 2790. The molecule has 0 fully saturated rings. The summed E-state index contributed by atoms with van der Waals surface area (Å²) in [4.78, 5) is 0. The van der Waals surface area contributed by atoms with Gasteiger partial charge < -0.3 is 4.57 Å². The van der Waals surface area contributed by atoms with Crippen molar-refractivity contribution in [2.75, 3.05) is 0 Å². The van der Waals surface area contributed by atoms with E-state index < -0.39 is 0 Å². The minimum atomic E-state index is 1.19. The Morgan fingerprint density at radius 1 is 0.413 bits per heavy atom. The fourth-order valence-electron chi connectivity index (χ4n) is 7.57. The van der Waals surface area contributed by atoms with Crippen LogP contribution >= 0.6 is 11.3 Å². The quantitative estimate of drug-likeness (QED) is 0.190. The maximum Gasteiger partial charge on any atom is 0.0634 e. The zero-order valence-corrected chi connectivity index (χ0v) is 25.8. The number of thiophene rings is 1. The van der Waals surface area contributed by atoms with E-state index in [1.165, 1.54) is 91.5 Å². The normalized spacial score (nSPS) is 11.9. The first kappa shape index (κ1) is 25.6. The van der Waals surface area contributed by atoms with E-state index in [2.05, 4.69) is 168 Å². The van der Waals surface area contributed by atoms with E-state index in [1.807, 2.05) is 11.3 Å². The molecule has 0 radical (unpaired) electrons. The van der Waals surface area contributed by atoms with Gasteiger partial charge in [0, 0.05) is 41.9 Å². The highest BCUT2D eigenvalue weighted by atomic mass is 32.1. The molecule has 0 aliphatic heterocycles. The molecular weight excluding hydrogens is 575 g/mol. The van der Waals surface area contributed by atoms with Crippen molar-refractivity contribution in [2.45, 2.75) is 0 Å². The molecule has 2 aromatic heterocycles. The Hall–Kier alpha value is -5.70. The van der Waals surface area contributed by atoms with Crippen molar-refractivity contribution in [3.8, 4) is 27.9 Å². The van der Waals surface area contributed by atoms with Gasteiger partial charge in [-0.25, -0.2) is 0 Å². The van der Waals surface area contributed by atoms with Crippen molar-refractivity contribution in [1.29, 1.82) is 0 Å². The van der Waals surface area contributed by atoms with Gasteiger partial charge in [-0.3, -0.25) is 0 Å². The van der Waals surface area contributed by atoms with Crippen LogP contribution in [-0.4, -0.2) is 4.57 Å². The van der Waals surface area contributed by atoms with E-state index in [1.54, 1.807) is 0 Å². The first-order valence-electron chi connectivity index (χ1n) is 15.8. The fraction of sp³-hybridized carbons (Fsp3) is 0. The Labute approximate surface area is 270 Å². The Kier molecular flexibility index (Phi) is 5.51. The molecule has 46 heavy (non-hydrogen) atoms. The molecule has 8 aromatic carbocycles. The average Bonchev–Trinajstić information content (AvgIpc) is 3.69. The average molecular weight is 602 g/mol. The second-order valence-electron chi connectivity index (χ2n) is 12.1. The summed E-state index contributed by atoms with van der Waals surface area (Å²) in [6.45, 7) is 0. The highest BCUT2D eigenvalue weighted by Crippen LogP contribution is 2.50. The molecule has 0 aliphatic carbocycles. The van der Waals surface area contributed by atoms with E-state index in [0.717, 1.165) is 0 Å². The Balaban J connectivity index is 1.46. The first-order chi connectivity index (χ1) is 22.8. The SMILES string of the molecule is c1ccc(-c2ccc(-n3c4ccc5ccccc5c4c4c5sc6ccccc6c5c5ccccc5c43)c(-c3ccccc3)c2)cc1. The van der Waals surface area contributed by atoms with Crippen LogP contribution in [0.25, 0.3) is 91.5 Å². The van der Waals surface area contributed by atoms with Crippen molar-refractivity contribution in [3.63, 3.8) is 0 Å². The molecule has 214 valence electrons. The summed E-state index contributed by atoms with van der Waals surface area (Å²) in [5.74, 6) is 0. The number of hydrogen-bond acceptors (Lipinski definition) is 1. The number of benzene rings is 8. The Morgan fingerprint density at radius 2 is 1.07 bits per heavy atom. The largest absolute Gasteiger partial charge is 0.308 e. The summed E-state index contributed by atoms with van der Waals surface area (Å²) < 4.78 is 5.24. The predicted molar refractivity (Wildman–Crippen MR) is 200 cm³/mol. The zero-order chi connectivity index (χ0) is 30.2. The van der Waals surface area contributed by atoms with Crippen molar-refractivity contribution < 1.29 is 0 Å². The summed E-state index contributed by atoms with van der Waals surface area (Å²) in [5, 5.41) is 10.5. The minimum Gasteiger partial charge on any atom is -0.308 e. The van der Waals surface area contributed by atoms with E-state index in [0.29, 0.717) is 0 Å². The third-order valence-electron chi connectivity index (χ3n) is 9.56. The number of rotatable bonds is 3. The molecule has 2 heteroatoms. The van der Waals surface area contributed by atoms with Crippen LogP contribution in [0.3, 0.4) is 0 Å². The van der Waals surface area contributed by atoms with Crippen LogP contribution in [0, 0.1) is 0 Å². The third-order valence-corrected chi connectivity index (χ3v) is 10.8. The molecular formula is C44H27NS. The van der Waals surface area contributed by atoms with Crippen molar-refractivity contribution in [3.05, 3.63) is 164 Å². The number of aromatic nitrogens is 1. The molecule has 0 aliphatic rings. The predicted octanol–water partition coefficient (Wildman–Crippen LogP) is 12.8. The summed E-state index contributed by atoms with van der Waals surface area (Å²) in [6.07, 6.45) is 0. The molecule has 0 N–H and O–H groups in total. The molecule has 10 aromatic rings. The maximum absolute atomic E-state index is 2.56. The van der Waals surface area contributed by atoms with Gasteiger partial charge in [0.15, 0.2) is 0 Å². The number of fused-ring (bicyclic) bond motifs is 12. The fourth-order valence-corrected chi connectivity index (χ4v) is 8.84. The van der Waals surface area contributed by atoms with Crippen molar-refractivity contribution >= 4 is 74.9 Å². The molecule has 2 heterocycles. The minimum absolute atomic E-state index is 1.19. The van der Waals surface area contributed by atoms with Gasteiger partial charge in [0.25, 0.3) is 0 Å². The van der Waals surface area contributed by atoms with E-state index in [-0.39, 0.29) is 0 Å². The highest BCUT2D eigenvalue weighted by molar-refractivity contribution is 7.27. The van der Waals surface area contributed by atoms with Crippen molar-refractivity contribution in [1.82, 2.24) is 4.57 Å². The molecule has 0 spiro atoms. The highest BCUT2D eigenvalue weighted by Gasteiger charge is 2.24. The van der Waals surface area contributed by atoms with Crippen LogP contribution in [0.1, 0.15) is 0 Å². The van der Waals surface area contributed by atoms with Gasteiger partial charge in [-0.05, 0) is 57.1 Å². The molecule has 0 bridgehead atoms. The van der Waals surface area contributed by atoms with E-state index in [9.17, 15) is 0 Å². The first-order valence-corrected chi connectivity index (χ1v) is 16.6. The van der Waals surface area contributed by atoms with Crippen LogP contribution in [0.15, 0.2) is 164 Å². The van der Waals surface area contributed by atoms with Crippen molar-refractivity contribution in [2.24, 2.45) is 0 Å². The van der Waals surface area contributed by atoms with Crippen LogP contribution in [0.2, 0.25) is 0 Å². The van der Waals surface area contributed by atoms with E-state index >= 15 is 0 Å². The zero-order valence-electron chi connectivity index (χ0n) is 24.9. The summed E-state index contributed by atoms with van der Waals surface area (Å²) in [7, 11) is 0. The second kappa shape index (κ2) is 9.90. The lowest BCUT2D eigenvalue weighted by molar-refractivity contribution is 1.19. The smallest absolute Gasteiger partial charge is 0.0634 e. The van der Waals surface area contributed by atoms with Crippen LogP contribution < -0.4 is 0 Å². The van der Waals surface area contributed by atoms with Gasteiger partial charge >= 0.3 is 0 Å². The number of hydrogen-bond donors (Lipinski definition) is 0. The van der Waals surface area contributed by atoms with Gasteiger partial charge in [0.2, 0.25) is 0 Å². The molecule has 10 rings (SSSR count). The topological polar surface area (TPSA) is 4.93 Å². The molecule has 0 unspecified atom stereocenters. The van der Waals surface area contributed by atoms with Gasteiger partial charge in [0.05, 0.1) is 16.7 Å². The molecule has 0 atom stereocenters. The summed E-state index contributed by atoms with van der Waals surface area (Å²) in [6, 6.07) is 60.0. The lowest BCUT2D eigenvalue weighted by Crippen LogP contribution is -1.98. The van der Waals surface area contributed by atoms with Crippen LogP contribution in [-0.2, 0) is 0 Å². The van der Waals surface area contributed by atoms with E-state index in [4.69, 9.17) is 0 Å².